The summed E-state index contributed by atoms with van der Waals surface area (Å²) in [7, 11) is 0. The maximum absolute atomic E-state index is 13.4. The van der Waals surface area contributed by atoms with E-state index < -0.39 is 21.9 Å². The second-order valence-electron chi connectivity index (χ2n) is 4.24. The average molecular weight is 262 g/mol. The lowest BCUT2D eigenvalue weighted by Gasteiger charge is -2.17. The Morgan fingerprint density at radius 2 is 2.06 bits per heavy atom. The van der Waals surface area contributed by atoms with E-state index in [-0.39, 0.29) is 10.6 Å². The third-order valence-corrected chi connectivity index (χ3v) is 3.43. The van der Waals surface area contributed by atoms with Gasteiger partial charge in [-0.3, -0.25) is 0 Å². The van der Waals surface area contributed by atoms with Gasteiger partial charge in [-0.05, 0) is 26.8 Å². The van der Waals surface area contributed by atoms with Crippen LogP contribution in [0.1, 0.15) is 26.3 Å². The fourth-order valence-electron chi connectivity index (χ4n) is 0.883. The van der Waals surface area contributed by atoms with Gasteiger partial charge in [0.2, 0.25) is 0 Å². The van der Waals surface area contributed by atoms with Crippen molar-refractivity contribution < 1.29 is 8.94 Å². The van der Waals surface area contributed by atoms with Crippen LogP contribution >= 0.6 is 11.6 Å². The van der Waals surface area contributed by atoms with Gasteiger partial charge >= 0.3 is 0 Å². The van der Waals surface area contributed by atoms with Gasteiger partial charge in [-0.25, -0.2) is 4.39 Å². The lowest BCUT2D eigenvalue weighted by Crippen LogP contribution is -2.25. The number of hydrogen-bond acceptors (Lipinski definition) is 2. The molecule has 1 atom stereocenters. The van der Waals surface area contributed by atoms with Gasteiger partial charge in [0.05, 0.1) is 11.2 Å². The molecule has 5 heteroatoms. The van der Waals surface area contributed by atoms with Crippen molar-refractivity contribution in [3.05, 3.63) is 34.6 Å². The number of hydrogen-bond donors (Lipinski definition) is 0. The van der Waals surface area contributed by atoms with E-state index in [1.165, 1.54) is 18.3 Å². The Morgan fingerprint density at radius 1 is 1.44 bits per heavy atom. The fourth-order valence-corrected chi connectivity index (χ4v) is 1.59. The molecule has 0 aromatic heterocycles. The molecule has 0 unspecified atom stereocenters. The van der Waals surface area contributed by atoms with Crippen LogP contribution in [0.25, 0.3) is 0 Å². The molecular formula is C11H13ClFNOS. The largest absolute Gasteiger partial charge is 0.591 e. The first kappa shape index (κ1) is 13.5. The third-order valence-electron chi connectivity index (χ3n) is 1.79. The van der Waals surface area contributed by atoms with Crippen LogP contribution in [0.2, 0.25) is 5.02 Å². The lowest BCUT2D eigenvalue weighted by molar-refractivity contribution is 0.561. The van der Waals surface area contributed by atoms with Crippen LogP contribution in [0.4, 0.5) is 4.39 Å². The van der Waals surface area contributed by atoms with Crippen molar-refractivity contribution in [2.24, 2.45) is 4.40 Å². The Balaban J connectivity index is 2.89. The molecule has 1 rings (SSSR count). The van der Waals surface area contributed by atoms with Crippen LogP contribution in [0.5, 0.6) is 0 Å². The summed E-state index contributed by atoms with van der Waals surface area (Å²) in [5.41, 5.74) is 0.241. The third kappa shape index (κ3) is 3.47. The molecule has 2 nitrogen and oxygen atoms in total. The van der Waals surface area contributed by atoms with E-state index in [1.807, 2.05) is 0 Å². The minimum Gasteiger partial charge on any atom is -0.591 e. The first-order chi connectivity index (χ1) is 7.32. The second-order valence-corrected chi connectivity index (χ2v) is 6.58. The van der Waals surface area contributed by atoms with Crippen LogP contribution in [-0.4, -0.2) is 15.5 Å². The SMILES string of the molecule is CC(C)(C)[S@+]([O-])/N=C/c1cccc(Cl)c1F. The summed E-state index contributed by atoms with van der Waals surface area (Å²) in [5.74, 6) is -0.543. The molecule has 0 bridgehead atoms. The van der Waals surface area contributed by atoms with E-state index in [0.29, 0.717) is 0 Å². The highest BCUT2D eigenvalue weighted by molar-refractivity contribution is 7.91. The highest BCUT2D eigenvalue weighted by Crippen LogP contribution is 2.19. The maximum atomic E-state index is 13.4. The van der Waals surface area contributed by atoms with E-state index in [4.69, 9.17) is 11.6 Å². The van der Waals surface area contributed by atoms with E-state index in [9.17, 15) is 8.94 Å². The molecule has 0 aliphatic heterocycles. The summed E-state index contributed by atoms with van der Waals surface area (Å²) in [6, 6.07) is 4.60. The van der Waals surface area contributed by atoms with Crippen molar-refractivity contribution in [3.8, 4) is 0 Å². The number of rotatable bonds is 2. The standard InChI is InChI=1S/C11H13ClFNOS/c1-11(2,3)16(15)14-7-8-5-4-6-9(12)10(8)13/h4-7H,1-3H3/b14-7+/t16-/m0/s1. The first-order valence-electron chi connectivity index (χ1n) is 4.72. The molecule has 1 aromatic carbocycles. The van der Waals surface area contributed by atoms with Crippen molar-refractivity contribution in [3.63, 3.8) is 0 Å². The molecule has 0 N–H and O–H groups in total. The van der Waals surface area contributed by atoms with Gasteiger partial charge in [0.25, 0.3) is 0 Å². The van der Waals surface area contributed by atoms with Crippen molar-refractivity contribution in [1.29, 1.82) is 0 Å². The molecule has 0 radical (unpaired) electrons. The van der Waals surface area contributed by atoms with Crippen LogP contribution in [0.15, 0.2) is 22.6 Å². The Bertz CT molecular complexity index is 403. The summed E-state index contributed by atoms with van der Waals surface area (Å²) >= 11 is 4.21. The van der Waals surface area contributed by atoms with Crippen molar-refractivity contribution >= 4 is 29.2 Å². The van der Waals surface area contributed by atoms with Crippen molar-refractivity contribution in [1.82, 2.24) is 0 Å². The predicted octanol–water partition coefficient (Wildman–Crippen LogP) is 3.36. The minimum atomic E-state index is -1.39. The zero-order valence-electron chi connectivity index (χ0n) is 9.33. The Morgan fingerprint density at radius 3 is 2.62 bits per heavy atom. The summed E-state index contributed by atoms with van der Waals surface area (Å²) in [6.45, 7) is 5.40. The monoisotopic (exact) mass is 261 g/mol. The molecular weight excluding hydrogens is 249 g/mol. The molecule has 0 fully saturated rings. The van der Waals surface area contributed by atoms with Gasteiger partial charge in [-0.1, -0.05) is 28.1 Å². The van der Waals surface area contributed by atoms with Gasteiger partial charge in [0, 0.05) is 5.56 Å². The zero-order valence-corrected chi connectivity index (χ0v) is 10.9. The van der Waals surface area contributed by atoms with E-state index in [1.54, 1.807) is 26.8 Å². The fraction of sp³-hybridized carbons (Fsp3) is 0.364. The smallest absolute Gasteiger partial charge is 0.150 e. The molecule has 0 amide bonds. The van der Waals surface area contributed by atoms with Crippen LogP contribution in [0.3, 0.4) is 0 Å². The zero-order chi connectivity index (χ0) is 12.3. The minimum absolute atomic E-state index is 0.0329. The summed E-state index contributed by atoms with van der Waals surface area (Å²) in [4.78, 5) is 0. The summed E-state index contributed by atoms with van der Waals surface area (Å²) in [5, 5.41) is 0.0329. The van der Waals surface area contributed by atoms with Gasteiger partial charge < -0.3 is 4.55 Å². The van der Waals surface area contributed by atoms with Crippen LogP contribution in [0, 0.1) is 5.82 Å². The number of benzene rings is 1. The quantitative estimate of drug-likeness (QED) is 0.594. The van der Waals surface area contributed by atoms with Crippen LogP contribution < -0.4 is 0 Å². The van der Waals surface area contributed by atoms with Gasteiger partial charge in [-0.15, -0.1) is 0 Å². The molecule has 0 heterocycles. The highest BCUT2D eigenvalue weighted by Gasteiger charge is 2.25. The second kappa shape index (κ2) is 5.17. The molecule has 0 saturated heterocycles. The van der Waals surface area contributed by atoms with Gasteiger partial charge in [0.15, 0.2) is 5.82 Å². The van der Waals surface area contributed by atoms with E-state index >= 15 is 0 Å². The van der Waals surface area contributed by atoms with Crippen molar-refractivity contribution in [2.75, 3.05) is 0 Å². The summed E-state index contributed by atoms with van der Waals surface area (Å²) < 4.78 is 28.4. The topological polar surface area (TPSA) is 35.4 Å². The Hall–Kier alpha value is -0.580. The first-order valence-corrected chi connectivity index (χ1v) is 6.21. The molecule has 0 aliphatic carbocycles. The molecule has 0 spiro atoms. The molecule has 16 heavy (non-hydrogen) atoms. The number of halogens is 2. The predicted molar refractivity (Wildman–Crippen MR) is 66.9 cm³/mol. The van der Waals surface area contributed by atoms with E-state index in [2.05, 4.69) is 4.40 Å². The highest BCUT2D eigenvalue weighted by atomic mass is 35.5. The molecule has 0 aliphatic rings. The van der Waals surface area contributed by atoms with Gasteiger partial charge in [-0.2, -0.15) is 0 Å². The summed E-state index contributed by atoms with van der Waals surface area (Å²) in [6.07, 6.45) is 1.25. The number of nitrogens with zero attached hydrogens (tertiary/aromatic N) is 1. The molecule has 1 aromatic rings. The molecule has 88 valence electrons. The maximum Gasteiger partial charge on any atom is 0.150 e. The van der Waals surface area contributed by atoms with Crippen molar-refractivity contribution in [2.45, 2.75) is 25.5 Å². The normalized spacial score (nSPS) is 14.4. The van der Waals surface area contributed by atoms with E-state index in [0.717, 1.165) is 0 Å². The Labute approximate surface area is 103 Å². The Kier molecular flexibility index (Phi) is 4.35. The average Bonchev–Trinajstić information content (AvgIpc) is 2.18. The lowest BCUT2D eigenvalue weighted by atomic mass is 10.2. The molecule has 0 saturated carbocycles. The van der Waals surface area contributed by atoms with Crippen LogP contribution in [-0.2, 0) is 11.4 Å². The van der Waals surface area contributed by atoms with Gasteiger partial charge in [0.1, 0.15) is 16.1 Å².